The Morgan fingerprint density at radius 1 is 1.67 bits per heavy atom. The molecule has 0 rings (SSSR count). The summed E-state index contributed by atoms with van der Waals surface area (Å²) in [4.78, 5) is 9.00. The molecule has 1 N–H and O–H groups in total. The van der Waals surface area contributed by atoms with Crippen LogP contribution in [0, 0.1) is 0 Å². The molecule has 0 unspecified atom stereocenters. The SMILES string of the molecule is CC(=O)O.[Cu].[Na]. The van der Waals surface area contributed by atoms with Crippen molar-refractivity contribution in [3.05, 3.63) is 0 Å². The first-order valence-corrected chi connectivity index (χ1v) is 0.928. The molecule has 0 atom stereocenters. The first-order valence-electron chi connectivity index (χ1n) is 0.928. The molecule has 4 heteroatoms. The Kier molecular flexibility index (Phi) is 24.6. The molecular weight excluding hydrogens is 143 g/mol. The minimum absolute atomic E-state index is 0. The first-order chi connectivity index (χ1) is 1.73. The zero-order valence-corrected chi connectivity index (χ0v) is 6.60. The second-order valence-electron chi connectivity index (χ2n) is 0.519. The van der Waals surface area contributed by atoms with Gasteiger partial charge >= 0.3 is 0 Å². The number of hydrogen-bond donors (Lipinski definition) is 1. The van der Waals surface area contributed by atoms with Crippen LogP contribution in [0.25, 0.3) is 0 Å². The van der Waals surface area contributed by atoms with Crippen LogP contribution in [0.2, 0.25) is 0 Å². The van der Waals surface area contributed by atoms with Gasteiger partial charge in [0.1, 0.15) is 0 Å². The van der Waals surface area contributed by atoms with Gasteiger partial charge in [-0.2, -0.15) is 0 Å². The summed E-state index contributed by atoms with van der Waals surface area (Å²) in [5.41, 5.74) is 0. The molecule has 0 aliphatic heterocycles. The third-order valence-corrected chi connectivity index (χ3v) is 0. The van der Waals surface area contributed by atoms with Gasteiger partial charge in [-0.1, -0.05) is 0 Å². The van der Waals surface area contributed by atoms with Crippen LogP contribution in [0.1, 0.15) is 6.92 Å². The molecule has 0 aliphatic carbocycles. The summed E-state index contributed by atoms with van der Waals surface area (Å²) in [7, 11) is 0. The van der Waals surface area contributed by atoms with E-state index in [1.807, 2.05) is 0 Å². The van der Waals surface area contributed by atoms with Crippen molar-refractivity contribution in [3.63, 3.8) is 0 Å². The summed E-state index contributed by atoms with van der Waals surface area (Å²) in [5.74, 6) is -0.833. The van der Waals surface area contributed by atoms with Crippen molar-refractivity contribution < 1.29 is 27.0 Å². The quantitative estimate of drug-likeness (QED) is 0.477. The van der Waals surface area contributed by atoms with Crippen molar-refractivity contribution >= 4 is 35.5 Å². The van der Waals surface area contributed by atoms with Crippen LogP contribution in [0.15, 0.2) is 0 Å². The predicted molar refractivity (Wildman–Crippen MR) is 19.1 cm³/mol. The third kappa shape index (κ3) is 81.1. The maximum atomic E-state index is 9.00. The smallest absolute Gasteiger partial charge is 0.300 e. The maximum Gasteiger partial charge on any atom is 0.300 e. The van der Waals surface area contributed by atoms with E-state index in [1.165, 1.54) is 0 Å². The molecule has 0 aliphatic rings. The minimum Gasteiger partial charge on any atom is -0.481 e. The van der Waals surface area contributed by atoms with Crippen molar-refractivity contribution in [2.75, 3.05) is 0 Å². The summed E-state index contributed by atoms with van der Waals surface area (Å²) in [5, 5.41) is 7.42. The summed E-state index contributed by atoms with van der Waals surface area (Å²) < 4.78 is 0. The topological polar surface area (TPSA) is 37.3 Å². The van der Waals surface area contributed by atoms with Crippen molar-refractivity contribution in [2.24, 2.45) is 0 Å². The molecule has 0 bridgehead atoms. The second-order valence-corrected chi connectivity index (χ2v) is 0.519. The van der Waals surface area contributed by atoms with E-state index in [-0.39, 0.29) is 46.6 Å². The molecule has 36 valence electrons. The Morgan fingerprint density at radius 2 is 1.67 bits per heavy atom. The van der Waals surface area contributed by atoms with Gasteiger partial charge < -0.3 is 5.11 Å². The second kappa shape index (κ2) is 9.37. The number of hydrogen-bond acceptors (Lipinski definition) is 1. The first kappa shape index (κ1) is 15.8. The van der Waals surface area contributed by atoms with Crippen LogP contribution in [0.5, 0.6) is 0 Å². The summed E-state index contributed by atoms with van der Waals surface area (Å²) in [6.07, 6.45) is 0. The van der Waals surface area contributed by atoms with E-state index < -0.39 is 5.97 Å². The van der Waals surface area contributed by atoms with E-state index in [0.29, 0.717) is 0 Å². The number of carboxylic acids is 1. The molecule has 2 nitrogen and oxygen atoms in total. The van der Waals surface area contributed by atoms with E-state index in [9.17, 15) is 0 Å². The van der Waals surface area contributed by atoms with Gasteiger partial charge in [0.25, 0.3) is 5.97 Å². The van der Waals surface area contributed by atoms with Gasteiger partial charge in [-0.3, -0.25) is 4.79 Å². The molecule has 0 aromatic rings. The van der Waals surface area contributed by atoms with Gasteiger partial charge in [-0.25, -0.2) is 0 Å². The van der Waals surface area contributed by atoms with Crippen LogP contribution < -0.4 is 0 Å². The molecular formula is C2H4CuNaO2. The van der Waals surface area contributed by atoms with Gasteiger partial charge in [0, 0.05) is 53.5 Å². The van der Waals surface area contributed by atoms with E-state index in [1.54, 1.807) is 0 Å². The molecule has 0 aromatic heterocycles. The van der Waals surface area contributed by atoms with Crippen LogP contribution in [0.3, 0.4) is 0 Å². The minimum atomic E-state index is -0.833. The van der Waals surface area contributed by atoms with Crippen molar-refractivity contribution in [1.29, 1.82) is 0 Å². The average molecular weight is 147 g/mol. The Morgan fingerprint density at radius 3 is 1.67 bits per heavy atom. The van der Waals surface area contributed by atoms with Crippen LogP contribution >= 0.6 is 0 Å². The van der Waals surface area contributed by atoms with Gasteiger partial charge in [0.05, 0.1) is 0 Å². The van der Waals surface area contributed by atoms with Crippen molar-refractivity contribution in [2.45, 2.75) is 6.92 Å². The molecule has 0 saturated heterocycles. The molecule has 0 amide bonds. The van der Waals surface area contributed by atoms with E-state index in [0.717, 1.165) is 6.92 Å². The summed E-state index contributed by atoms with van der Waals surface area (Å²) in [6.45, 7) is 1.08. The van der Waals surface area contributed by atoms with E-state index in [2.05, 4.69) is 0 Å². The monoisotopic (exact) mass is 146 g/mol. The van der Waals surface area contributed by atoms with Crippen molar-refractivity contribution in [1.82, 2.24) is 0 Å². The van der Waals surface area contributed by atoms with Crippen molar-refractivity contribution in [3.8, 4) is 0 Å². The Hall–Kier alpha value is 0.989. The molecule has 0 spiro atoms. The molecule has 0 aromatic carbocycles. The average Bonchev–Trinajstić information content (AvgIpc) is 0.811. The maximum absolute atomic E-state index is 9.00. The number of carbonyl (C=O) groups is 1. The Balaban J connectivity index is -0.0000000450. The van der Waals surface area contributed by atoms with Crippen LogP contribution in [-0.2, 0) is 21.9 Å². The van der Waals surface area contributed by atoms with Gasteiger partial charge in [-0.15, -0.1) is 0 Å². The fraction of sp³-hybridized carbons (Fsp3) is 0.500. The van der Waals surface area contributed by atoms with Gasteiger partial charge in [0.15, 0.2) is 0 Å². The summed E-state index contributed by atoms with van der Waals surface area (Å²) >= 11 is 0. The fourth-order valence-corrected chi connectivity index (χ4v) is 0. The molecule has 2 radical (unpaired) electrons. The standard InChI is InChI=1S/C2H4O2.Cu.Na/c1-2(3)4;;/h1H3,(H,3,4);;. The molecule has 0 fully saturated rings. The molecule has 0 heterocycles. The third-order valence-electron chi connectivity index (χ3n) is 0. The number of rotatable bonds is 0. The Bertz CT molecular complexity index is 34.5. The van der Waals surface area contributed by atoms with Crippen LogP contribution in [0.4, 0.5) is 0 Å². The number of carboxylic acid groups (broad SMARTS) is 1. The molecule has 0 saturated carbocycles. The fourth-order valence-electron chi connectivity index (χ4n) is 0. The normalized spacial score (nSPS) is 4.17. The van der Waals surface area contributed by atoms with Gasteiger partial charge in [-0.05, 0) is 0 Å². The van der Waals surface area contributed by atoms with E-state index in [4.69, 9.17) is 9.90 Å². The molecule has 6 heavy (non-hydrogen) atoms. The van der Waals surface area contributed by atoms with Crippen LogP contribution in [-0.4, -0.2) is 40.6 Å². The predicted octanol–water partition coefficient (Wildman–Crippen LogP) is -0.292. The van der Waals surface area contributed by atoms with Gasteiger partial charge in [0.2, 0.25) is 0 Å². The summed E-state index contributed by atoms with van der Waals surface area (Å²) in [6, 6.07) is 0. The zero-order valence-electron chi connectivity index (χ0n) is 3.66. The van der Waals surface area contributed by atoms with E-state index >= 15 is 0 Å². The zero-order chi connectivity index (χ0) is 3.58. The number of aliphatic carboxylic acids is 1. The largest absolute Gasteiger partial charge is 0.481 e. The Labute approximate surface area is 69.1 Å².